The Morgan fingerprint density at radius 1 is 1.11 bits per heavy atom. The number of rotatable bonds is 5. The molecular formula is C20H22ClIN4O2. The van der Waals surface area contributed by atoms with Crippen molar-refractivity contribution >= 4 is 53.4 Å². The van der Waals surface area contributed by atoms with Crippen LogP contribution in [-0.4, -0.2) is 54.8 Å². The molecule has 3 rings (SSSR count). The van der Waals surface area contributed by atoms with E-state index in [2.05, 4.69) is 10.3 Å². The lowest BCUT2D eigenvalue weighted by atomic mass is 10.1. The molecule has 2 amide bonds. The molecule has 2 aromatic carbocycles. The smallest absolute Gasteiger partial charge is 0.261 e. The number of hydrogen-bond acceptors (Lipinski definition) is 3. The molecule has 0 bridgehead atoms. The lowest BCUT2D eigenvalue weighted by Gasteiger charge is -2.23. The van der Waals surface area contributed by atoms with Crippen molar-refractivity contribution in [3.63, 3.8) is 0 Å². The highest BCUT2D eigenvalue weighted by molar-refractivity contribution is 14.0. The molecule has 148 valence electrons. The molecule has 0 aliphatic carbocycles. The van der Waals surface area contributed by atoms with Gasteiger partial charge < -0.3 is 10.2 Å². The summed E-state index contributed by atoms with van der Waals surface area (Å²) < 4.78 is 0. The summed E-state index contributed by atoms with van der Waals surface area (Å²) in [5.74, 6) is 0.172. The van der Waals surface area contributed by atoms with Crippen molar-refractivity contribution in [2.24, 2.45) is 4.99 Å². The Balaban J connectivity index is 0.00000280. The number of guanidine groups is 1. The van der Waals surface area contributed by atoms with Gasteiger partial charge in [-0.15, -0.1) is 24.0 Å². The predicted molar refractivity (Wildman–Crippen MR) is 122 cm³/mol. The zero-order valence-corrected chi connectivity index (χ0v) is 18.8. The average molecular weight is 513 g/mol. The number of imide groups is 1. The van der Waals surface area contributed by atoms with Crippen molar-refractivity contribution in [3.8, 4) is 0 Å². The molecule has 6 nitrogen and oxygen atoms in total. The van der Waals surface area contributed by atoms with Gasteiger partial charge in [0.05, 0.1) is 11.1 Å². The van der Waals surface area contributed by atoms with E-state index in [9.17, 15) is 9.59 Å². The Morgan fingerprint density at radius 2 is 1.75 bits per heavy atom. The van der Waals surface area contributed by atoms with E-state index in [1.54, 1.807) is 31.3 Å². The summed E-state index contributed by atoms with van der Waals surface area (Å²) in [6.45, 7) is 1.32. The summed E-state index contributed by atoms with van der Waals surface area (Å²) in [6, 6.07) is 14.5. The fourth-order valence-corrected chi connectivity index (χ4v) is 3.30. The molecule has 1 aliphatic rings. The Bertz CT molecular complexity index is 868. The Hall–Kier alpha value is -2.13. The molecule has 0 fully saturated rings. The minimum Gasteiger partial charge on any atom is -0.354 e. The van der Waals surface area contributed by atoms with E-state index >= 15 is 0 Å². The fraction of sp³-hybridized carbons (Fsp3) is 0.250. The first-order valence-electron chi connectivity index (χ1n) is 8.62. The van der Waals surface area contributed by atoms with Gasteiger partial charge in [-0.1, -0.05) is 35.9 Å². The molecule has 28 heavy (non-hydrogen) atoms. The molecule has 0 atom stereocenters. The maximum atomic E-state index is 12.4. The van der Waals surface area contributed by atoms with Crippen LogP contribution in [0.2, 0.25) is 5.02 Å². The second kappa shape index (κ2) is 9.88. The Kier molecular flexibility index (Phi) is 7.82. The normalized spacial score (nSPS) is 13.2. The quantitative estimate of drug-likeness (QED) is 0.289. The number of carbonyl (C=O) groups is 2. The minimum absolute atomic E-state index is 0. The largest absolute Gasteiger partial charge is 0.354 e. The van der Waals surface area contributed by atoms with Gasteiger partial charge in [-0.3, -0.25) is 19.5 Å². The topological polar surface area (TPSA) is 65.0 Å². The van der Waals surface area contributed by atoms with Crippen LogP contribution in [0.5, 0.6) is 0 Å². The van der Waals surface area contributed by atoms with E-state index in [4.69, 9.17) is 11.6 Å². The fourth-order valence-electron chi connectivity index (χ4n) is 3.09. The third-order valence-electron chi connectivity index (χ3n) is 4.38. The number of carbonyl (C=O) groups excluding carboxylic acids is 2. The van der Waals surface area contributed by atoms with E-state index in [1.807, 2.05) is 36.2 Å². The first-order valence-corrected chi connectivity index (χ1v) is 9.00. The highest BCUT2D eigenvalue weighted by atomic mass is 127. The molecule has 0 radical (unpaired) electrons. The van der Waals surface area contributed by atoms with E-state index < -0.39 is 0 Å². The Morgan fingerprint density at radius 3 is 2.32 bits per heavy atom. The minimum atomic E-state index is -0.250. The first-order chi connectivity index (χ1) is 13.0. The summed E-state index contributed by atoms with van der Waals surface area (Å²) in [4.78, 5) is 32.2. The Labute approximate surface area is 186 Å². The third kappa shape index (κ3) is 4.82. The van der Waals surface area contributed by atoms with Crippen LogP contribution < -0.4 is 5.32 Å². The van der Waals surface area contributed by atoms with Crippen LogP contribution in [0.3, 0.4) is 0 Å². The van der Waals surface area contributed by atoms with E-state index in [0.29, 0.717) is 35.2 Å². The van der Waals surface area contributed by atoms with Gasteiger partial charge in [0, 0.05) is 38.8 Å². The van der Waals surface area contributed by atoms with Gasteiger partial charge in [0.2, 0.25) is 0 Å². The highest BCUT2D eigenvalue weighted by Gasteiger charge is 2.34. The van der Waals surface area contributed by atoms with E-state index in [0.717, 1.165) is 5.56 Å². The standard InChI is InChI=1S/C20H21ClN4O2.HI/c1-22-20(24(2)13-14-6-5-7-15(21)12-14)23-10-11-25-18(26)16-8-3-4-9-17(16)19(25)27;/h3-9,12H,10-11,13H2,1-2H3,(H,22,23);1H. The van der Waals surface area contributed by atoms with Crippen LogP contribution >= 0.6 is 35.6 Å². The number of nitrogens with one attached hydrogen (secondary N) is 1. The van der Waals surface area contributed by atoms with E-state index in [1.165, 1.54) is 4.90 Å². The zero-order chi connectivity index (χ0) is 19.4. The molecule has 1 heterocycles. The molecule has 0 aromatic heterocycles. The second-order valence-corrected chi connectivity index (χ2v) is 6.70. The lowest BCUT2D eigenvalue weighted by Crippen LogP contribution is -2.43. The summed E-state index contributed by atoms with van der Waals surface area (Å²) in [6.07, 6.45) is 0. The molecule has 0 unspecified atom stereocenters. The van der Waals surface area contributed by atoms with Crippen molar-refractivity contribution in [1.82, 2.24) is 15.1 Å². The van der Waals surface area contributed by atoms with Crippen LogP contribution in [0.4, 0.5) is 0 Å². The van der Waals surface area contributed by atoms with Crippen molar-refractivity contribution in [2.45, 2.75) is 6.54 Å². The number of benzene rings is 2. The average Bonchev–Trinajstić information content (AvgIpc) is 2.90. The molecule has 2 aromatic rings. The highest BCUT2D eigenvalue weighted by Crippen LogP contribution is 2.21. The SMILES string of the molecule is CN=C(NCCN1C(=O)c2ccccc2C1=O)N(C)Cc1cccc(Cl)c1.I. The van der Waals surface area contributed by atoms with Gasteiger partial charge in [0.15, 0.2) is 5.96 Å². The zero-order valence-electron chi connectivity index (χ0n) is 15.7. The molecular weight excluding hydrogens is 491 g/mol. The number of amides is 2. The number of fused-ring (bicyclic) bond motifs is 1. The maximum absolute atomic E-state index is 12.4. The van der Waals surface area contributed by atoms with Gasteiger partial charge in [-0.25, -0.2) is 0 Å². The van der Waals surface area contributed by atoms with Crippen molar-refractivity contribution in [1.29, 1.82) is 0 Å². The summed E-state index contributed by atoms with van der Waals surface area (Å²) >= 11 is 6.03. The van der Waals surface area contributed by atoms with Gasteiger partial charge in [-0.2, -0.15) is 0 Å². The van der Waals surface area contributed by atoms with Crippen LogP contribution in [0.1, 0.15) is 26.3 Å². The van der Waals surface area contributed by atoms with Crippen LogP contribution in [0.25, 0.3) is 0 Å². The van der Waals surface area contributed by atoms with Crippen molar-refractivity contribution in [2.75, 3.05) is 27.2 Å². The number of halogens is 2. The van der Waals surface area contributed by atoms with Gasteiger partial charge >= 0.3 is 0 Å². The first kappa shape index (κ1) is 22.2. The second-order valence-electron chi connectivity index (χ2n) is 6.27. The van der Waals surface area contributed by atoms with Crippen LogP contribution in [0.15, 0.2) is 53.5 Å². The molecule has 0 saturated carbocycles. The molecule has 0 saturated heterocycles. The molecule has 0 spiro atoms. The number of aliphatic imine (C=N–C) groups is 1. The molecule has 8 heteroatoms. The van der Waals surface area contributed by atoms with Crippen molar-refractivity contribution in [3.05, 3.63) is 70.2 Å². The monoisotopic (exact) mass is 512 g/mol. The lowest BCUT2D eigenvalue weighted by molar-refractivity contribution is 0.0657. The molecule has 1 N–H and O–H groups in total. The van der Waals surface area contributed by atoms with Crippen molar-refractivity contribution < 1.29 is 9.59 Å². The summed E-state index contributed by atoms with van der Waals surface area (Å²) in [5.41, 5.74) is 1.99. The molecule has 1 aliphatic heterocycles. The maximum Gasteiger partial charge on any atom is 0.261 e. The number of nitrogens with zero attached hydrogens (tertiary/aromatic N) is 3. The van der Waals surface area contributed by atoms with E-state index in [-0.39, 0.29) is 42.3 Å². The van der Waals surface area contributed by atoms with Gasteiger partial charge in [0.25, 0.3) is 11.8 Å². The van der Waals surface area contributed by atoms with Crippen LogP contribution in [-0.2, 0) is 6.54 Å². The number of hydrogen-bond donors (Lipinski definition) is 1. The summed E-state index contributed by atoms with van der Waals surface area (Å²) in [5, 5.41) is 3.88. The van der Waals surface area contributed by atoms with Gasteiger partial charge in [0.1, 0.15) is 0 Å². The van der Waals surface area contributed by atoms with Crippen LogP contribution in [0, 0.1) is 0 Å². The summed E-state index contributed by atoms with van der Waals surface area (Å²) in [7, 11) is 3.61. The van der Waals surface area contributed by atoms with Gasteiger partial charge in [-0.05, 0) is 29.8 Å². The third-order valence-corrected chi connectivity index (χ3v) is 4.61. The predicted octanol–water partition coefficient (Wildman–Crippen LogP) is 3.26.